The SMILES string of the molecule is Cc1ccc(C(O)c2ccco2)cc1C. The lowest BCUT2D eigenvalue weighted by Crippen LogP contribution is -1.98. The van der Waals surface area contributed by atoms with Crippen molar-refractivity contribution in [3.8, 4) is 0 Å². The van der Waals surface area contributed by atoms with Crippen LogP contribution in [0, 0.1) is 13.8 Å². The zero-order valence-electron chi connectivity index (χ0n) is 8.90. The van der Waals surface area contributed by atoms with Crippen LogP contribution in [0.1, 0.15) is 28.6 Å². The van der Waals surface area contributed by atoms with Gasteiger partial charge in [0, 0.05) is 0 Å². The number of benzene rings is 1. The van der Waals surface area contributed by atoms with Gasteiger partial charge in [-0.2, -0.15) is 0 Å². The van der Waals surface area contributed by atoms with Gasteiger partial charge in [0.15, 0.2) is 0 Å². The van der Waals surface area contributed by atoms with Gasteiger partial charge < -0.3 is 9.52 Å². The Morgan fingerprint density at radius 2 is 1.93 bits per heavy atom. The maximum absolute atomic E-state index is 10.0. The summed E-state index contributed by atoms with van der Waals surface area (Å²) in [5.74, 6) is 0.582. The van der Waals surface area contributed by atoms with Crippen LogP contribution >= 0.6 is 0 Å². The second kappa shape index (κ2) is 3.91. The molecule has 15 heavy (non-hydrogen) atoms. The first-order valence-corrected chi connectivity index (χ1v) is 4.97. The third-order valence-corrected chi connectivity index (χ3v) is 2.66. The van der Waals surface area contributed by atoms with Crippen LogP contribution in [0.3, 0.4) is 0 Å². The summed E-state index contributed by atoms with van der Waals surface area (Å²) in [4.78, 5) is 0. The number of hydrogen-bond donors (Lipinski definition) is 1. The summed E-state index contributed by atoms with van der Waals surface area (Å²) in [6.45, 7) is 4.09. The molecule has 2 rings (SSSR count). The van der Waals surface area contributed by atoms with Crippen molar-refractivity contribution >= 4 is 0 Å². The monoisotopic (exact) mass is 202 g/mol. The molecule has 0 fully saturated rings. The highest BCUT2D eigenvalue weighted by Gasteiger charge is 2.13. The van der Waals surface area contributed by atoms with Gasteiger partial charge in [0.05, 0.1) is 6.26 Å². The summed E-state index contributed by atoms with van der Waals surface area (Å²) in [7, 11) is 0. The van der Waals surface area contributed by atoms with Gasteiger partial charge in [0.25, 0.3) is 0 Å². The van der Waals surface area contributed by atoms with Crippen LogP contribution in [0.25, 0.3) is 0 Å². The molecule has 1 aromatic heterocycles. The van der Waals surface area contributed by atoms with E-state index in [4.69, 9.17) is 4.42 Å². The molecule has 78 valence electrons. The van der Waals surface area contributed by atoms with E-state index in [0.29, 0.717) is 5.76 Å². The molecule has 0 aliphatic rings. The van der Waals surface area contributed by atoms with Crippen LogP contribution in [-0.2, 0) is 0 Å². The van der Waals surface area contributed by atoms with Crippen molar-refractivity contribution in [1.29, 1.82) is 0 Å². The van der Waals surface area contributed by atoms with Gasteiger partial charge in [0.1, 0.15) is 11.9 Å². The van der Waals surface area contributed by atoms with E-state index >= 15 is 0 Å². The minimum Gasteiger partial charge on any atom is -0.466 e. The Balaban J connectivity index is 2.34. The lowest BCUT2D eigenvalue weighted by Gasteiger charge is -2.10. The molecule has 1 atom stereocenters. The number of hydrogen-bond acceptors (Lipinski definition) is 2. The number of aliphatic hydroxyl groups excluding tert-OH is 1. The van der Waals surface area contributed by atoms with Gasteiger partial charge in [-0.25, -0.2) is 0 Å². The van der Waals surface area contributed by atoms with E-state index in [9.17, 15) is 5.11 Å². The molecule has 1 aromatic carbocycles. The van der Waals surface area contributed by atoms with Crippen LogP contribution in [0.4, 0.5) is 0 Å². The van der Waals surface area contributed by atoms with Crippen molar-refractivity contribution < 1.29 is 9.52 Å². The summed E-state index contributed by atoms with van der Waals surface area (Å²) in [6, 6.07) is 9.48. The van der Waals surface area contributed by atoms with E-state index in [0.717, 1.165) is 5.56 Å². The van der Waals surface area contributed by atoms with E-state index < -0.39 is 6.10 Å². The van der Waals surface area contributed by atoms with Gasteiger partial charge in [-0.1, -0.05) is 18.2 Å². The summed E-state index contributed by atoms with van der Waals surface area (Å²) < 4.78 is 5.17. The van der Waals surface area contributed by atoms with Crippen molar-refractivity contribution in [2.75, 3.05) is 0 Å². The third-order valence-electron chi connectivity index (χ3n) is 2.66. The Bertz CT molecular complexity index is 444. The van der Waals surface area contributed by atoms with Crippen molar-refractivity contribution in [2.24, 2.45) is 0 Å². The first-order chi connectivity index (χ1) is 7.18. The summed E-state index contributed by atoms with van der Waals surface area (Å²) in [5.41, 5.74) is 3.27. The molecule has 0 saturated heterocycles. The fourth-order valence-corrected chi connectivity index (χ4v) is 1.55. The fraction of sp³-hybridized carbons (Fsp3) is 0.231. The molecule has 0 radical (unpaired) electrons. The molecule has 0 aliphatic carbocycles. The van der Waals surface area contributed by atoms with Crippen molar-refractivity contribution in [3.63, 3.8) is 0 Å². The summed E-state index contributed by atoms with van der Waals surface area (Å²) >= 11 is 0. The van der Waals surface area contributed by atoms with Crippen LogP contribution < -0.4 is 0 Å². The molecule has 1 unspecified atom stereocenters. The Labute approximate surface area is 89.2 Å². The van der Waals surface area contributed by atoms with E-state index in [-0.39, 0.29) is 0 Å². The molecule has 0 bridgehead atoms. The lowest BCUT2D eigenvalue weighted by molar-refractivity contribution is 0.189. The minimum absolute atomic E-state index is 0.582. The molecular weight excluding hydrogens is 188 g/mol. The largest absolute Gasteiger partial charge is 0.466 e. The first kappa shape index (κ1) is 9.99. The van der Waals surface area contributed by atoms with E-state index in [1.54, 1.807) is 18.4 Å². The second-order valence-electron chi connectivity index (χ2n) is 3.76. The van der Waals surface area contributed by atoms with Crippen molar-refractivity contribution in [1.82, 2.24) is 0 Å². The average Bonchev–Trinajstić information content (AvgIpc) is 2.74. The first-order valence-electron chi connectivity index (χ1n) is 4.97. The Hall–Kier alpha value is -1.54. The molecule has 0 saturated carbocycles. The molecule has 1 N–H and O–H groups in total. The zero-order chi connectivity index (χ0) is 10.8. The fourth-order valence-electron chi connectivity index (χ4n) is 1.55. The Morgan fingerprint density at radius 3 is 2.53 bits per heavy atom. The highest BCUT2D eigenvalue weighted by molar-refractivity contribution is 5.33. The number of aliphatic hydroxyl groups is 1. The maximum Gasteiger partial charge on any atom is 0.137 e. The topological polar surface area (TPSA) is 33.4 Å². The molecule has 0 aliphatic heterocycles. The van der Waals surface area contributed by atoms with Crippen molar-refractivity contribution in [2.45, 2.75) is 20.0 Å². The number of furan rings is 1. The minimum atomic E-state index is -0.667. The molecule has 2 nitrogen and oxygen atoms in total. The smallest absolute Gasteiger partial charge is 0.137 e. The number of aryl methyl sites for hydroxylation is 2. The molecular formula is C13H14O2. The van der Waals surface area contributed by atoms with Gasteiger partial charge >= 0.3 is 0 Å². The average molecular weight is 202 g/mol. The molecule has 2 heteroatoms. The van der Waals surface area contributed by atoms with Crippen LogP contribution in [0.2, 0.25) is 0 Å². The Kier molecular flexibility index (Phi) is 2.60. The van der Waals surface area contributed by atoms with E-state index in [1.165, 1.54) is 11.1 Å². The van der Waals surface area contributed by atoms with E-state index in [1.807, 2.05) is 25.1 Å². The molecule has 0 spiro atoms. The van der Waals surface area contributed by atoms with Crippen molar-refractivity contribution in [3.05, 3.63) is 59.0 Å². The van der Waals surface area contributed by atoms with Gasteiger partial charge in [-0.05, 0) is 42.7 Å². The highest BCUT2D eigenvalue weighted by atomic mass is 16.4. The van der Waals surface area contributed by atoms with E-state index in [2.05, 4.69) is 6.92 Å². The van der Waals surface area contributed by atoms with Crippen LogP contribution in [0.15, 0.2) is 41.0 Å². The van der Waals surface area contributed by atoms with Gasteiger partial charge in [-0.15, -0.1) is 0 Å². The predicted molar refractivity (Wildman–Crippen MR) is 58.7 cm³/mol. The quantitative estimate of drug-likeness (QED) is 0.812. The second-order valence-corrected chi connectivity index (χ2v) is 3.76. The normalized spacial score (nSPS) is 12.7. The predicted octanol–water partition coefficient (Wildman–Crippen LogP) is 2.98. The molecule has 2 aromatic rings. The van der Waals surface area contributed by atoms with Gasteiger partial charge in [0.2, 0.25) is 0 Å². The zero-order valence-corrected chi connectivity index (χ0v) is 8.90. The van der Waals surface area contributed by atoms with Crippen LogP contribution in [0.5, 0.6) is 0 Å². The standard InChI is InChI=1S/C13H14O2/c1-9-5-6-11(8-10(9)2)13(14)12-4-3-7-15-12/h3-8,13-14H,1-2H3. The summed E-state index contributed by atoms with van der Waals surface area (Å²) in [6.07, 6.45) is 0.902. The number of rotatable bonds is 2. The lowest BCUT2D eigenvalue weighted by atomic mass is 10.0. The maximum atomic E-state index is 10.0. The molecule has 1 heterocycles. The third kappa shape index (κ3) is 1.95. The highest BCUT2D eigenvalue weighted by Crippen LogP contribution is 2.23. The molecule has 0 amide bonds. The van der Waals surface area contributed by atoms with Gasteiger partial charge in [-0.3, -0.25) is 0 Å². The Morgan fingerprint density at radius 1 is 1.13 bits per heavy atom. The van der Waals surface area contributed by atoms with Crippen LogP contribution in [-0.4, -0.2) is 5.11 Å². The summed E-state index contributed by atoms with van der Waals surface area (Å²) in [5, 5.41) is 10.0.